The van der Waals surface area contributed by atoms with Crippen LogP contribution in [0.4, 0.5) is 0 Å². The lowest BCUT2D eigenvalue weighted by Crippen LogP contribution is -1.93. The Morgan fingerprint density at radius 2 is 2.07 bits per heavy atom. The van der Waals surface area contributed by atoms with Crippen LogP contribution in [0.15, 0.2) is 35.8 Å². The SMILES string of the molecule is Oc1ccc(COc2cnsc2)cc1. The Bertz CT molecular complexity index is 383. The first-order valence-electron chi connectivity index (χ1n) is 4.15. The lowest BCUT2D eigenvalue weighted by atomic mass is 10.2. The molecule has 0 unspecified atom stereocenters. The topological polar surface area (TPSA) is 42.4 Å². The fourth-order valence-electron chi connectivity index (χ4n) is 1.03. The second-order valence-electron chi connectivity index (χ2n) is 2.82. The van der Waals surface area contributed by atoms with Crippen LogP contribution < -0.4 is 4.74 Å². The molecule has 72 valence electrons. The van der Waals surface area contributed by atoms with E-state index in [-0.39, 0.29) is 5.75 Å². The van der Waals surface area contributed by atoms with Gasteiger partial charge in [-0.2, -0.15) is 4.37 Å². The maximum Gasteiger partial charge on any atom is 0.150 e. The van der Waals surface area contributed by atoms with Gasteiger partial charge in [0.05, 0.1) is 11.6 Å². The molecule has 2 aromatic rings. The molecule has 0 aliphatic heterocycles. The van der Waals surface area contributed by atoms with Crippen LogP contribution in [-0.4, -0.2) is 9.48 Å². The fraction of sp³-hybridized carbons (Fsp3) is 0.100. The highest BCUT2D eigenvalue weighted by molar-refractivity contribution is 7.03. The molecule has 0 bridgehead atoms. The normalized spacial score (nSPS) is 10.0. The van der Waals surface area contributed by atoms with E-state index >= 15 is 0 Å². The predicted octanol–water partition coefficient (Wildman–Crippen LogP) is 2.43. The van der Waals surface area contributed by atoms with Gasteiger partial charge in [0.25, 0.3) is 0 Å². The zero-order chi connectivity index (χ0) is 9.80. The molecule has 0 amide bonds. The van der Waals surface area contributed by atoms with Gasteiger partial charge >= 0.3 is 0 Å². The van der Waals surface area contributed by atoms with Gasteiger partial charge in [0.15, 0.2) is 5.75 Å². The number of nitrogens with zero attached hydrogens (tertiary/aromatic N) is 1. The van der Waals surface area contributed by atoms with Gasteiger partial charge in [-0.1, -0.05) is 12.1 Å². The number of ether oxygens (including phenoxy) is 1. The van der Waals surface area contributed by atoms with Crippen molar-refractivity contribution in [1.82, 2.24) is 4.37 Å². The van der Waals surface area contributed by atoms with Crippen molar-refractivity contribution in [2.24, 2.45) is 0 Å². The number of rotatable bonds is 3. The van der Waals surface area contributed by atoms with Crippen molar-refractivity contribution in [2.75, 3.05) is 0 Å². The van der Waals surface area contributed by atoms with E-state index in [0.29, 0.717) is 6.61 Å². The van der Waals surface area contributed by atoms with Gasteiger partial charge in [0.2, 0.25) is 0 Å². The smallest absolute Gasteiger partial charge is 0.150 e. The van der Waals surface area contributed by atoms with Crippen molar-refractivity contribution in [2.45, 2.75) is 6.61 Å². The van der Waals surface area contributed by atoms with Crippen molar-refractivity contribution in [3.8, 4) is 11.5 Å². The lowest BCUT2D eigenvalue weighted by Gasteiger charge is -2.02. The minimum Gasteiger partial charge on any atom is -0.508 e. The standard InChI is InChI=1S/C10H9NO2S/c12-9-3-1-8(2-4-9)6-13-10-5-11-14-7-10/h1-5,7,12H,6H2. The Balaban J connectivity index is 1.95. The van der Waals surface area contributed by atoms with Crippen LogP contribution in [0.1, 0.15) is 5.56 Å². The van der Waals surface area contributed by atoms with Crippen LogP contribution in [0.3, 0.4) is 0 Å². The second-order valence-corrected chi connectivity index (χ2v) is 3.47. The van der Waals surface area contributed by atoms with E-state index in [0.717, 1.165) is 11.3 Å². The maximum absolute atomic E-state index is 9.06. The van der Waals surface area contributed by atoms with Gasteiger partial charge in [0.1, 0.15) is 12.4 Å². The Morgan fingerprint density at radius 1 is 1.29 bits per heavy atom. The molecule has 0 saturated heterocycles. The van der Waals surface area contributed by atoms with Crippen molar-refractivity contribution >= 4 is 11.5 Å². The maximum atomic E-state index is 9.06. The summed E-state index contributed by atoms with van der Waals surface area (Å²) in [5.41, 5.74) is 1.02. The van der Waals surface area contributed by atoms with Gasteiger partial charge in [-0.15, -0.1) is 0 Å². The van der Waals surface area contributed by atoms with Crippen LogP contribution in [0, 0.1) is 0 Å². The van der Waals surface area contributed by atoms with E-state index in [1.54, 1.807) is 18.3 Å². The molecule has 2 rings (SSSR count). The fourth-order valence-corrected chi connectivity index (χ4v) is 1.48. The number of phenolic OH excluding ortho intramolecular Hbond substituents is 1. The largest absolute Gasteiger partial charge is 0.508 e. The summed E-state index contributed by atoms with van der Waals surface area (Å²) < 4.78 is 9.36. The quantitative estimate of drug-likeness (QED) is 0.840. The Kier molecular flexibility index (Phi) is 2.65. The molecule has 0 aliphatic rings. The summed E-state index contributed by atoms with van der Waals surface area (Å²) in [6.45, 7) is 0.499. The summed E-state index contributed by atoms with van der Waals surface area (Å²) in [6.07, 6.45) is 1.69. The summed E-state index contributed by atoms with van der Waals surface area (Å²) in [5.74, 6) is 1.05. The third-order valence-corrected chi connectivity index (χ3v) is 2.32. The molecule has 1 aromatic heterocycles. The molecule has 4 heteroatoms. The van der Waals surface area contributed by atoms with Gasteiger partial charge in [0, 0.05) is 0 Å². The Morgan fingerprint density at radius 3 is 2.71 bits per heavy atom. The van der Waals surface area contributed by atoms with Gasteiger partial charge < -0.3 is 9.84 Å². The van der Waals surface area contributed by atoms with Crippen LogP contribution in [0.2, 0.25) is 0 Å². The number of hydrogen-bond donors (Lipinski definition) is 1. The minimum atomic E-state index is 0.269. The average Bonchev–Trinajstić information content (AvgIpc) is 2.70. The number of aromatic hydroxyl groups is 1. The molecular formula is C10H9NO2S. The van der Waals surface area contributed by atoms with E-state index in [4.69, 9.17) is 9.84 Å². The molecule has 0 aliphatic carbocycles. The van der Waals surface area contributed by atoms with Crippen molar-refractivity contribution < 1.29 is 9.84 Å². The van der Waals surface area contributed by atoms with Crippen molar-refractivity contribution in [1.29, 1.82) is 0 Å². The molecular weight excluding hydrogens is 198 g/mol. The summed E-state index contributed by atoms with van der Waals surface area (Å²) in [5, 5.41) is 10.9. The highest BCUT2D eigenvalue weighted by Gasteiger charge is 1.96. The van der Waals surface area contributed by atoms with Crippen LogP contribution in [-0.2, 0) is 6.61 Å². The molecule has 1 aromatic carbocycles. The highest BCUT2D eigenvalue weighted by Crippen LogP contribution is 2.15. The molecule has 0 saturated carbocycles. The first kappa shape index (κ1) is 9.02. The number of phenols is 1. The number of aromatic nitrogens is 1. The second kappa shape index (κ2) is 4.11. The number of benzene rings is 1. The molecule has 0 spiro atoms. The molecule has 0 fully saturated rings. The molecule has 3 nitrogen and oxygen atoms in total. The summed E-state index contributed by atoms with van der Waals surface area (Å²) >= 11 is 1.36. The van der Waals surface area contributed by atoms with Crippen LogP contribution in [0.5, 0.6) is 11.5 Å². The van der Waals surface area contributed by atoms with E-state index in [9.17, 15) is 0 Å². The zero-order valence-electron chi connectivity index (χ0n) is 7.38. The Hall–Kier alpha value is -1.55. The van der Waals surface area contributed by atoms with Gasteiger partial charge in [-0.25, -0.2) is 0 Å². The van der Waals surface area contributed by atoms with Crippen molar-refractivity contribution in [3.63, 3.8) is 0 Å². The van der Waals surface area contributed by atoms with E-state index in [1.165, 1.54) is 11.5 Å². The summed E-state index contributed by atoms with van der Waals surface area (Å²) in [6, 6.07) is 6.94. The monoisotopic (exact) mass is 207 g/mol. The van der Waals surface area contributed by atoms with Crippen LogP contribution >= 0.6 is 11.5 Å². The van der Waals surface area contributed by atoms with Crippen LogP contribution in [0.25, 0.3) is 0 Å². The minimum absolute atomic E-state index is 0.269. The van der Waals surface area contributed by atoms with Gasteiger partial charge in [-0.05, 0) is 29.2 Å². The first-order valence-corrected chi connectivity index (χ1v) is 4.98. The van der Waals surface area contributed by atoms with E-state index in [2.05, 4.69) is 4.37 Å². The van der Waals surface area contributed by atoms with E-state index in [1.807, 2.05) is 17.5 Å². The molecule has 1 heterocycles. The van der Waals surface area contributed by atoms with E-state index < -0.39 is 0 Å². The van der Waals surface area contributed by atoms with Gasteiger partial charge in [-0.3, -0.25) is 0 Å². The molecule has 1 N–H and O–H groups in total. The molecule has 0 atom stereocenters. The summed E-state index contributed by atoms with van der Waals surface area (Å²) in [4.78, 5) is 0. The third kappa shape index (κ3) is 2.23. The molecule has 14 heavy (non-hydrogen) atoms. The average molecular weight is 207 g/mol. The first-order chi connectivity index (χ1) is 6.84. The third-order valence-electron chi connectivity index (χ3n) is 1.75. The Labute approximate surface area is 85.8 Å². The summed E-state index contributed by atoms with van der Waals surface area (Å²) in [7, 11) is 0. The van der Waals surface area contributed by atoms with Crippen molar-refractivity contribution in [3.05, 3.63) is 41.4 Å². The lowest BCUT2D eigenvalue weighted by molar-refractivity contribution is 0.306. The highest BCUT2D eigenvalue weighted by atomic mass is 32.1. The zero-order valence-corrected chi connectivity index (χ0v) is 8.20. The molecule has 0 radical (unpaired) electrons. The number of hydrogen-bond acceptors (Lipinski definition) is 4. The predicted molar refractivity (Wildman–Crippen MR) is 54.6 cm³/mol.